The van der Waals surface area contributed by atoms with Crippen LogP contribution in [0.15, 0.2) is 48.7 Å². The van der Waals surface area contributed by atoms with E-state index in [1.54, 1.807) is 6.20 Å². The Kier molecular flexibility index (Phi) is 5.70. The highest BCUT2D eigenvalue weighted by Crippen LogP contribution is 2.26. The van der Waals surface area contributed by atoms with Crippen molar-refractivity contribution in [1.82, 2.24) is 9.88 Å². The monoisotopic (exact) mass is 343 g/mol. The van der Waals surface area contributed by atoms with Gasteiger partial charge in [-0.3, -0.25) is 9.78 Å². The first kappa shape index (κ1) is 16.8. The molecular formula is C19H22ClN3O. The Morgan fingerprint density at radius 2 is 1.88 bits per heavy atom. The second-order valence-electron chi connectivity index (χ2n) is 5.99. The quantitative estimate of drug-likeness (QED) is 0.853. The minimum atomic E-state index is 0.210. The molecule has 1 aromatic heterocycles. The number of aryl methyl sites for hydroxylation is 1. The molecule has 0 atom stereocenters. The second-order valence-corrected chi connectivity index (χ2v) is 6.40. The molecule has 1 aliphatic heterocycles. The van der Waals surface area contributed by atoms with E-state index in [1.165, 1.54) is 0 Å². The van der Waals surface area contributed by atoms with Gasteiger partial charge in [-0.25, -0.2) is 0 Å². The molecule has 1 fully saturated rings. The number of carbonyl (C=O) groups is 1. The van der Waals surface area contributed by atoms with E-state index >= 15 is 0 Å². The number of para-hydroxylation sites is 1. The largest absolute Gasteiger partial charge is 0.368 e. The van der Waals surface area contributed by atoms with Crippen LogP contribution >= 0.6 is 11.6 Å². The fourth-order valence-electron chi connectivity index (χ4n) is 3.06. The van der Waals surface area contributed by atoms with Crippen LogP contribution in [-0.4, -0.2) is 42.0 Å². The van der Waals surface area contributed by atoms with Gasteiger partial charge in [-0.1, -0.05) is 29.8 Å². The molecule has 0 spiro atoms. The van der Waals surface area contributed by atoms with Crippen LogP contribution in [0.4, 0.5) is 5.69 Å². The van der Waals surface area contributed by atoms with Crippen molar-refractivity contribution >= 4 is 23.2 Å². The van der Waals surface area contributed by atoms with Gasteiger partial charge >= 0.3 is 0 Å². The maximum atomic E-state index is 12.5. The van der Waals surface area contributed by atoms with E-state index in [0.29, 0.717) is 12.8 Å². The summed E-state index contributed by atoms with van der Waals surface area (Å²) in [6, 6.07) is 13.7. The average molecular weight is 344 g/mol. The smallest absolute Gasteiger partial charge is 0.223 e. The van der Waals surface area contributed by atoms with Gasteiger partial charge in [-0.05, 0) is 37.1 Å². The molecule has 0 unspecified atom stereocenters. The van der Waals surface area contributed by atoms with Crippen LogP contribution in [0.1, 0.15) is 18.5 Å². The number of pyridine rings is 1. The number of aromatic nitrogens is 1. The number of hydrogen-bond acceptors (Lipinski definition) is 3. The Bertz CT molecular complexity index is 677. The third-order valence-corrected chi connectivity index (χ3v) is 4.68. The number of rotatable bonds is 4. The van der Waals surface area contributed by atoms with Crippen molar-refractivity contribution < 1.29 is 4.79 Å². The first-order chi connectivity index (χ1) is 11.7. The van der Waals surface area contributed by atoms with Gasteiger partial charge in [-0.2, -0.15) is 0 Å². The van der Waals surface area contributed by atoms with Crippen LogP contribution in [-0.2, 0) is 11.2 Å². The predicted octanol–water partition coefficient (Wildman–Crippen LogP) is 3.41. The molecule has 0 saturated carbocycles. The summed E-state index contributed by atoms with van der Waals surface area (Å²) in [5.74, 6) is 0.210. The number of carbonyl (C=O) groups excluding carboxylic acids is 1. The van der Waals surface area contributed by atoms with E-state index < -0.39 is 0 Å². The first-order valence-electron chi connectivity index (χ1n) is 8.41. The molecule has 1 aliphatic rings. The third-order valence-electron chi connectivity index (χ3n) is 4.36. The van der Waals surface area contributed by atoms with E-state index in [4.69, 9.17) is 11.6 Å². The molecule has 1 saturated heterocycles. The summed E-state index contributed by atoms with van der Waals surface area (Å²) < 4.78 is 0. The van der Waals surface area contributed by atoms with Crippen LogP contribution in [0.5, 0.6) is 0 Å². The van der Waals surface area contributed by atoms with Gasteiger partial charge in [0.2, 0.25) is 5.91 Å². The zero-order chi connectivity index (χ0) is 16.8. The Morgan fingerprint density at radius 1 is 1.04 bits per heavy atom. The number of halogens is 1. The van der Waals surface area contributed by atoms with Gasteiger partial charge < -0.3 is 9.80 Å². The van der Waals surface area contributed by atoms with E-state index in [1.807, 2.05) is 47.4 Å². The van der Waals surface area contributed by atoms with Crippen LogP contribution in [0.2, 0.25) is 5.02 Å². The summed E-state index contributed by atoms with van der Waals surface area (Å²) in [6.07, 6.45) is 3.95. The summed E-state index contributed by atoms with van der Waals surface area (Å²) >= 11 is 6.30. The fraction of sp³-hybridized carbons (Fsp3) is 0.368. The van der Waals surface area contributed by atoms with Crippen molar-refractivity contribution in [1.29, 1.82) is 0 Å². The maximum Gasteiger partial charge on any atom is 0.223 e. The van der Waals surface area contributed by atoms with Crippen molar-refractivity contribution in [3.8, 4) is 0 Å². The topological polar surface area (TPSA) is 36.4 Å². The molecule has 2 heterocycles. The molecule has 0 aliphatic carbocycles. The molecule has 3 rings (SSSR count). The van der Waals surface area contributed by atoms with E-state index in [-0.39, 0.29) is 5.91 Å². The highest BCUT2D eigenvalue weighted by atomic mass is 35.5. The number of hydrogen-bond donors (Lipinski definition) is 0. The van der Waals surface area contributed by atoms with Crippen molar-refractivity contribution in [2.45, 2.75) is 19.3 Å². The highest BCUT2D eigenvalue weighted by molar-refractivity contribution is 6.33. The molecule has 0 N–H and O–H groups in total. The van der Waals surface area contributed by atoms with Crippen molar-refractivity contribution in [2.24, 2.45) is 0 Å². The fourth-order valence-corrected chi connectivity index (χ4v) is 3.31. The molecule has 2 aromatic rings. The van der Waals surface area contributed by atoms with Gasteiger partial charge in [0.25, 0.3) is 0 Å². The van der Waals surface area contributed by atoms with Crippen LogP contribution in [0, 0.1) is 0 Å². The molecule has 0 radical (unpaired) electrons. The summed E-state index contributed by atoms with van der Waals surface area (Å²) in [6.45, 7) is 3.29. The summed E-state index contributed by atoms with van der Waals surface area (Å²) in [4.78, 5) is 21.0. The Balaban J connectivity index is 1.55. The first-order valence-corrected chi connectivity index (χ1v) is 8.79. The molecule has 5 heteroatoms. The molecule has 0 bridgehead atoms. The maximum absolute atomic E-state index is 12.5. The summed E-state index contributed by atoms with van der Waals surface area (Å²) in [5, 5.41) is 0.771. The highest BCUT2D eigenvalue weighted by Gasteiger charge is 2.20. The van der Waals surface area contributed by atoms with Crippen LogP contribution < -0.4 is 4.90 Å². The van der Waals surface area contributed by atoms with Crippen molar-refractivity contribution in [3.63, 3.8) is 0 Å². The number of amides is 1. The minimum absolute atomic E-state index is 0.210. The molecular weight excluding hydrogens is 322 g/mol. The van der Waals surface area contributed by atoms with Gasteiger partial charge in [0.1, 0.15) is 0 Å². The predicted molar refractivity (Wildman–Crippen MR) is 97.4 cm³/mol. The standard InChI is InChI=1S/C19H22ClN3O/c20-17-7-1-2-8-18(17)22-12-5-13-23(15-14-22)19(24)10-9-16-6-3-4-11-21-16/h1-4,6-8,11H,5,9-10,12-15H2. The van der Waals surface area contributed by atoms with Crippen LogP contribution in [0.3, 0.4) is 0 Å². The average Bonchev–Trinajstić information content (AvgIpc) is 2.87. The zero-order valence-corrected chi connectivity index (χ0v) is 14.5. The molecule has 1 amide bonds. The van der Waals surface area contributed by atoms with E-state index in [0.717, 1.165) is 49.0 Å². The lowest BCUT2D eigenvalue weighted by atomic mass is 10.2. The van der Waals surface area contributed by atoms with Crippen molar-refractivity contribution in [3.05, 3.63) is 59.4 Å². The molecule has 4 nitrogen and oxygen atoms in total. The third kappa shape index (κ3) is 4.26. The summed E-state index contributed by atoms with van der Waals surface area (Å²) in [7, 11) is 0. The molecule has 24 heavy (non-hydrogen) atoms. The van der Waals surface area contributed by atoms with Gasteiger partial charge in [0, 0.05) is 44.5 Å². The van der Waals surface area contributed by atoms with Crippen LogP contribution in [0.25, 0.3) is 0 Å². The van der Waals surface area contributed by atoms with E-state index in [2.05, 4.69) is 9.88 Å². The number of nitrogens with zero attached hydrogens (tertiary/aromatic N) is 3. The van der Waals surface area contributed by atoms with Gasteiger partial charge in [-0.15, -0.1) is 0 Å². The lowest BCUT2D eigenvalue weighted by molar-refractivity contribution is -0.130. The molecule has 126 valence electrons. The second kappa shape index (κ2) is 8.15. The van der Waals surface area contributed by atoms with Crippen molar-refractivity contribution in [2.75, 3.05) is 31.1 Å². The Morgan fingerprint density at radius 3 is 2.67 bits per heavy atom. The van der Waals surface area contributed by atoms with E-state index in [9.17, 15) is 4.79 Å². The van der Waals surface area contributed by atoms with Gasteiger partial charge in [0.05, 0.1) is 10.7 Å². The Labute approximate surface area is 148 Å². The zero-order valence-electron chi connectivity index (χ0n) is 13.7. The molecule has 1 aromatic carbocycles. The lowest BCUT2D eigenvalue weighted by Crippen LogP contribution is -2.35. The Hall–Kier alpha value is -2.07. The number of anilines is 1. The summed E-state index contributed by atoms with van der Waals surface area (Å²) in [5.41, 5.74) is 2.03. The van der Waals surface area contributed by atoms with Gasteiger partial charge in [0.15, 0.2) is 0 Å². The lowest BCUT2D eigenvalue weighted by Gasteiger charge is -2.24. The SMILES string of the molecule is O=C(CCc1ccccn1)N1CCCN(c2ccccc2Cl)CC1. The normalized spacial score (nSPS) is 15.2. The minimum Gasteiger partial charge on any atom is -0.368 e. The number of benzene rings is 1.